The Morgan fingerprint density at radius 3 is 2.48 bits per heavy atom. The van der Waals surface area contributed by atoms with Gasteiger partial charge in [-0.25, -0.2) is 4.98 Å². The summed E-state index contributed by atoms with van der Waals surface area (Å²) in [6, 6.07) is 7.93. The number of aliphatic hydroxyl groups is 2. The Hall–Kier alpha value is -4.05. The molecular weight excluding hydrogens is 578 g/mol. The molecule has 0 aromatic carbocycles. The predicted molar refractivity (Wildman–Crippen MR) is 183 cm³/mol. The van der Waals surface area contributed by atoms with Gasteiger partial charge in [-0.1, -0.05) is 26.5 Å². The molecule has 9 heteroatoms. The molecule has 6 rings (SSSR count). The van der Waals surface area contributed by atoms with Crippen LogP contribution in [0.25, 0.3) is 39.3 Å². The second kappa shape index (κ2) is 12.6. The van der Waals surface area contributed by atoms with Gasteiger partial charge in [-0.05, 0) is 92.6 Å². The fraction of sp³-hybridized carbons (Fsp3) is 0.432. The van der Waals surface area contributed by atoms with Crippen LogP contribution in [0.3, 0.4) is 0 Å². The molecule has 0 radical (unpaired) electrons. The number of aromatic nitrogens is 4. The molecule has 4 unspecified atom stereocenters. The Morgan fingerprint density at radius 1 is 1.02 bits per heavy atom. The Morgan fingerprint density at radius 2 is 1.74 bits per heavy atom. The van der Waals surface area contributed by atoms with E-state index in [9.17, 15) is 15.0 Å². The minimum Gasteiger partial charge on any atom is -0.391 e. The molecule has 1 fully saturated rings. The summed E-state index contributed by atoms with van der Waals surface area (Å²) in [6.07, 6.45) is 2.01. The van der Waals surface area contributed by atoms with Gasteiger partial charge in [0.25, 0.3) is 0 Å². The number of nitrogens with one attached hydrogen (secondary N) is 3. The molecule has 9 nitrogen and oxygen atoms in total. The number of hydrogen-bond acceptors (Lipinski definition) is 6. The third kappa shape index (κ3) is 5.83. The highest BCUT2D eigenvalue weighted by Gasteiger charge is 2.33. The Balaban J connectivity index is 1.49. The monoisotopic (exact) mass is 623 g/mol. The van der Waals surface area contributed by atoms with E-state index in [1.165, 1.54) is 11.1 Å². The van der Waals surface area contributed by atoms with Gasteiger partial charge in [-0.15, -0.1) is 0 Å². The number of allylic oxidation sites excluding steroid dienone is 2. The molecular formula is C37H45N5O4. The van der Waals surface area contributed by atoms with Gasteiger partial charge in [0.15, 0.2) is 6.29 Å². The van der Waals surface area contributed by atoms with Crippen molar-refractivity contribution < 1.29 is 19.7 Å². The Bertz CT molecular complexity index is 1900. The van der Waals surface area contributed by atoms with Gasteiger partial charge in [-0.3, -0.25) is 9.78 Å². The molecule has 0 saturated carbocycles. The highest BCUT2D eigenvalue weighted by Crippen LogP contribution is 2.42. The van der Waals surface area contributed by atoms with Crippen LogP contribution in [0.1, 0.15) is 103 Å². The van der Waals surface area contributed by atoms with Gasteiger partial charge >= 0.3 is 0 Å². The molecule has 0 spiro atoms. The molecule has 0 aliphatic carbocycles. The molecule has 6 heterocycles. The zero-order valence-electron chi connectivity index (χ0n) is 27.6. The standard InChI is InChI=1S/C37H45N5O4/c1-8-24-20(5)30-16-33-25(9-2)19(4)29(39-33)15-31-21(6)26(10-11-35(44)41-34-13-23(43)17-46-37(34)45)36(42-31)22(7)28-12-18(3)27(38-28)14-32(24)40-30/h9,12,14-16,21,23,26,34,37-39,43,45H,2,8,10-11,13,17H2,1,3-7H3,(H,41,44)/t21?,23?,26-,34?,37?/m0/s1. The number of carbonyl (C=O) groups excluding carboxylic acids is 1. The molecule has 46 heavy (non-hydrogen) atoms. The van der Waals surface area contributed by atoms with E-state index >= 15 is 0 Å². The maximum absolute atomic E-state index is 13.1. The van der Waals surface area contributed by atoms with Crippen molar-refractivity contribution in [1.82, 2.24) is 25.3 Å². The topological polar surface area (TPSA) is 136 Å². The van der Waals surface area contributed by atoms with Crippen LogP contribution < -0.4 is 5.32 Å². The molecule has 1 saturated heterocycles. The fourth-order valence-electron chi connectivity index (χ4n) is 7.17. The average molecular weight is 624 g/mol. The molecule has 3 aliphatic heterocycles. The summed E-state index contributed by atoms with van der Waals surface area (Å²) >= 11 is 0. The van der Waals surface area contributed by atoms with Crippen molar-refractivity contribution in [3.8, 4) is 0 Å². The zero-order valence-corrected chi connectivity index (χ0v) is 27.6. The molecule has 1 amide bonds. The summed E-state index contributed by atoms with van der Waals surface area (Å²) in [5, 5.41) is 23.0. The van der Waals surface area contributed by atoms with E-state index in [1.54, 1.807) is 0 Å². The number of ether oxygens (including phenoxy) is 1. The van der Waals surface area contributed by atoms with Gasteiger partial charge in [0.2, 0.25) is 5.91 Å². The molecule has 3 aromatic heterocycles. The number of H-pyrrole nitrogens is 2. The summed E-state index contributed by atoms with van der Waals surface area (Å²) in [6.45, 7) is 17.0. The van der Waals surface area contributed by atoms with E-state index < -0.39 is 18.4 Å². The second-order valence-corrected chi connectivity index (χ2v) is 13.0. The average Bonchev–Trinajstić information content (AvgIpc) is 3.72. The maximum atomic E-state index is 13.1. The Kier molecular flexibility index (Phi) is 8.76. The van der Waals surface area contributed by atoms with E-state index in [1.807, 2.05) is 6.08 Å². The summed E-state index contributed by atoms with van der Waals surface area (Å²) in [4.78, 5) is 30.7. The number of aliphatic hydroxyl groups excluding tert-OH is 2. The van der Waals surface area contributed by atoms with Gasteiger partial charge in [0.1, 0.15) is 0 Å². The first-order chi connectivity index (χ1) is 22.0. The lowest BCUT2D eigenvalue weighted by Gasteiger charge is -2.31. The van der Waals surface area contributed by atoms with Crippen molar-refractivity contribution in [2.24, 2.45) is 0 Å². The van der Waals surface area contributed by atoms with E-state index in [0.717, 1.165) is 73.5 Å². The van der Waals surface area contributed by atoms with E-state index in [-0.39, 0.29) is 37.2 Å². The van der Waals surface area contributed by atoms with Crippen molar-refractivity contribution in [3.63, 3.8) is 0 Å². The van der Waals surface area contributed by atoms with Gasteiger partial charge in [-0.2, -0.15) is 0 Å². The lowest BCUT2D eigenvalue weighted by molar-refractivity contribution is -0.175. The van der Waals surface area contributed by atoms with Gasteiger partial charge in [0.05, 0.1) is 30.1 Å². The minimum atomic E-state index is -1.13. The molecule has 5 atom stereocenters. The highest BCUT2D eigenvalue weighted by atomic mass is 16.6. The van der Waals surface area contributed by atoms with Crippen LogP contribution in [0, 0.1) is 20.8 Å². The number of aryl methyl sites for hydroxylation is 3. The minimum absolute atomic E-state index is 0.00441. The number of rotatable bonds is 6. The normalized spacial score (nSPS) is 23.1. The second-order valence-electron chi connectivity index (χ2n) is 13.0. The third-order valence-electron chi connectivity index (χ3n) is 10.0. The molecule has 3 aromatic rings. The van der Waals surface area contributed by atoms with Crippen molar-refractivity contribution in [2.75, 3.05) is 6.61 Å². The number of amides is 1. The van der Waals surface area contributed by atoms with E-state index in [4.69, 9.17) is 14.7 Å². The van der Waals surface area contributed by atoms with Crippen molar-refractivity contribution >= 4 is 45.2 Å². The first kappa shape index (κ1) is 31.9. The SMILES string of the molecule is C=Cc1c(C)c2cc3nc(c(C)c4cc(C)c(cc5nc(cc1[nH]2)C(C)=C5CC)[nH]4)[C@@H](CCC(=O)NC1CC(O)COC1O)C3C. The largest absolute Gasteiger partial charge is 0.391 e. The molecule has 8 bridgehead atoms. The quantitative estimate of drug-likeness (QED) is 0.213. The van der Waals surface area contributed by atoms with Gasteiger partial charge in [0, 0.05) is 63.7 Å². The molecule has 5 N–H and O–H groups in total. The number of carbonyl (C=O) groups is 1. The predicted octanol–water partition coefficient (Wildman–Crippen LogP) is 6.48. The van der Waals surface area contributed by atoms with Crippen LogP contribution in [-0.4, -0.2) is 61.1 Å². The summed E-state index contributed by atoms with van der Waals surface area (Å²) < 4.78 is 5.20. The van der Waals surface area contributed by atoms with Crippen LogP contribution in [0.4, 0.5) is 0 Å². The van der Waals surface area contributed by atoms with E-state index in [0.29, 0.717) is 6.42 Å². The molecule has 242 valence electrons. The van der Waals surface area contributed by atoms with Crippen molar-refractivity contribution in [2.45, 2.75) is 97.5 Å². The van der Waals surface area contributed by atoms with Crippen LogP contribution in [-0.2, 0) is 9.53 Å². The lowest BCUT2D eigenvalue weighted by atomic mass is 9.86. The summed E-state index contributed by atoms with van der Waals surface area (Å²) in [5.41, 5.74) is 14.5. The van der Waals surface area contributed by atoms with Crippen LogP contribution >= 0.6 is 0 Å². The van der Waals surface area contributed by atoms with Crippen molar-refractivity contribution in [1.29, 1.82) is 0 Å². The number of aromatic amines is 2. The fourth-order valence-corrected chi connectivity index (χ4v) is 7.17. The zero-order chi connectivity index (χ0) is 32.9. The smallest absolute Gasteiger partial charge is 0.220 e. The lowest BCUT2D eigenvalue weighted by Crippen LogP contribution is -2.51. The summed E-state index contributed by atoms with van der Waals surface area (Å²) in [5.74, 6) is -0.138. The summed E-state index contributed by atoms with van der Waals surface area (Å²) in [7, 11) is 0. The molecule has 3 aliphatic rings. The maximum Gasteiger partial charge on any atom is 0.220 e. The van der Waals surface area contributed by atoms with Crippen LogP contribution in [0.5, 0.6) is 0 Å². The van der Waals surface area contributed by atoms with E-state index in [2.05, 4.69) is 87.7 Å². The van der Waals surface area contributed by atoms with Crippen LogP contribution in [0.2, 0.25) is 0 Å². The first-order valence-electron chi connectivity index (χ1n) is 16.3. The van der Waals surface area contributed by atoms with Gasteiger partial charge < -0.3 is 30.2 Å². The first-order valence-corrected chi connectivity index (χ1v) is 16.3. The highest BCUT2D eigenvalue weighted by molar-refractivity contribution is 5.93. The number of nitrogens with zero attached hydrogens (tertiary/aromatic N) is 2. The number of fused-ring (bicyclic) bond motifs is 8. The third-order valence-corrected chi connectivity index (χ3v) is 10.0. The van der Waals surface area contributed by atoms with Crippen molar-refractivity contribution in [3.05, 3.63) is 75.9 Å². The van der Waals surface area contributed by atoms with Crippen LogP contribution in [0.15, 0.2) is 30.8 Å². The Labute approximate surface area is 269 Å². The number of hydrogen-bond donors (Lipinski definition) is 5.